The molecule has 0 aliphatic carbocycles. The molecule has 0 atom stereocenters. The van der Waals surface area contributed by atoms with E-state index >= 15 is 9.18 Å². The fourth-order valence-electron chi connectivity index (χ4n) is 5.47. The SMILES string of the molecule is [2H]c1c([2H])c(F)c(F)c(CSc2c([2H])c(=O)c3c([2H])c([2H])c([2H])c([2H])c3n2C([2H])([2H])C(=O)N(Cc2c([2H])c([2H])c(-c3c([2H])c([2H])c(C(F)(F)F)c(C)c3[2H])c([2H])c2[2H])C2CCN(CC([2H])([2H])OC([2H])([2H])[2H])CC2)c1[2H]. The molecular weight excluding hydrogens is 710 g/mol. The maximum Gasteiger partial charge on any atom is 0.416 e. The van der Waals surface area contributed by atoms with Crippen LogP contribution in [0.15, 0.2) is 100 Å². The van der Waals surface area contributed by atoms with Crippen molar-refractivity contribution in [3.63, 3.8) is 0 Å². The van der Waals surface area contributed by atoms with Gasteiger partial charge in [-0.3, -0.25) is 9.59 Å². The van der Waals surface area contributed by atoms with E-state index in [0.717, 1.165) is 6.92 Å². The zero-order valence-corrected chi connectivity index (χ0v) is 28.2. The molecule has 1 aliphatic heterocycles. The first kappa shape index (κ1) is 19.2. The maximum absolute atomic E-state index is 15.4. The Morgan fingerprint density at radius 3 is 2.47 bits per heavy atom. The number of methoxy groups -OCH3 is 1. The fourth-order valence-corrected chi connectivity index (χ4v) is 6.38. The van der Waals surface area contributed by atoms with Crippen molar-refractivity contribution in [3.8, 4) is 11.1 Å². The van der Waals surface area contributed by atoms with Crippen LogP contribution in [0.5, 0.6) is 0 Å². The number of fused-ring (bicyclic) bond motifs is 1. The van der Waals surface area contributed by atoms with Gasteiger partial charge in [-0.1, -0.05) is 60.4 Å². The molecule has 53 heavy (non-hydrogen) atoms. The molecular formula is C41H40F5N3O3S. The molecule has 0 radical (unpaired) electrons. The summed E-state index contributed by atoms with van der Waals surface area (Å²) in [5.74, 6) is -6.53. The number of hydrogen-bond acceptors (Lipinski definition) is 5. The van der Waals surface area contributed by atoms with E-state index in [2.05, 4.69) is 4.74 Å². The standard InChI is InChI=1S/C41H40F5N3O3S/c1-27-22-30(14-15-34(27)41(44,45)46)29-12-10-28(11-13-29)24-48(32-16-18-47(19-17-32)20-21-52-2)38(51)25-49-36-9-4-3-7-33(36)37(50)23-39(49)53-26-31-6-5-8-35(42)40(31)43/h3-15,22-23,32H,16-21,24-26H2,1-2H3/i2D3,3D,4D,5D,6D,7D,8D,9D,10D,11D,12D,13D,14D,15D,21D2,22D,23D,25D2. The van der Waals surface area contributed by atoms with Crippen LogP contribution in [0, 0.1) is 18.6 Å². The van der Waals surface area contributed by atoms with E-state index < -0.39 is 214 Å². The lowest BCUT2D eigenvalue weighted by Gasteiger charge is -2.39. The van der Waals surface area contributed by atoms with Crippen molar-refractivity contribution in [2.45, 2.75) is 55.8 Å². The van der Waals surface area contributed by atoms with Crippen LogP contribution < -0.4 is 5.43 Å². The largest absolute Gasteiger partial charge is 0.416 e. The van der Waals surface area contributed by atoms with Crippen LogP contribution in [-0.4, -0.2) is 59.5 Å². The Balaban J connectivity index is 1.59. The molecule has 0 bridgehead atoms. The van der Waals surface area contributed by atoms with E-state index in [0.29, 0.717) is 4.90 Å². The van der Waals surface area contributed by atoms with E-state index in [-0.39, 0.29) is 42.3 Å². The smallest absolute Gasteiger partial charge is 0.383 e. The molecule has 1 saturated heterocycles. The Hall–Kier alpha value is -4.52. The number of carbonyl (C=O) groups is 1. The van der Waals surface area contributed by atoms with E-state index in [1.165, 1.54) is 4.90 Å². The lowest BCUT2D eigenvalue weighted by molar-refractivity contribution is -0.138. The number of likely N-dealkylation sites (tertiary alicyclic amines) is 1. The zero-order chi connectivity index (χ0) is 56.8. The molecule has 0 saturated carbocycles. The van der Waals surface area contributed by atoms with Crippen LogP contribution in [0.25, 0.3) is 22.0 Å². The predicted molar refractivity (Wildman–Crippen MR) is 198 cm³/mol. The minimum Gasteiger partial charge on any atom is -0.383 e. The number of hydrogen-bond donors (Lipinski definition) is 0. The minimum atomic E-state index is -5.23. The summed E-state index contributed by atoms with van der Waals surface area (Å²) in [6.45, 7) is -8.10. The Kier molecular flexibility index (Phi) is 6.03. The van der Waals surface area contributed by atoms with Crippen molar-refractivity contribution in [1.29, 1.82) is 0 Å². The molecule has 278 valence electrons. The number of para-hydroxylation sites is 1. The number of carbonyl (C=O) groups excluding carboxylic acids is 1. The number of nitrogens with zero attached hydrogens (tertiary/aromatic N) is 3. The molecule has 12 heteroatoms. The van der Waals surface area contributed by atoms with Gasteiger partial charge < -0.3 is 19.1 Å². The fraction of sp³-hybridized carbons (Fsp3) is 0.317. The molecule has 1 aliphatic rings. The van der Waals surface area contributed by atoms with Gasteiger partial charge >= 0.3 is 6.18 Å². The first-order valence-electron chi connectivity index (χ1n) is 26.5. The van der Waals surface area contributed by atoms with Gasteiger partial charge in [-0.2, -0.15) is 13.2 Å². The van der Waals surface area contributed by atoms with Gasteiger partial charge in [0.15, 0.2) is 17.1 Å². The van der Waals surface area contributed by atoms with E-state index in [1.54, 1.807) is 0 Å². The van der Waals surface area contributed by atoms with Gasteiger partial charge in [0.2, 0.25) is 5.91 Å². The van der Waals surface area contributed by atoms with Gasteiger partial charge in [-0.15, -0.1) is 11.8 Å². The first-order chi connectivity index (χ1) is 34.3. The van der Waals surface area contributed by atoms with Crippen LogP contribution in [0.4, 0.5) is 22.0 Å². The lowest BCUT2D eigenvalue weighted by Crippen LogP contribution is -2.48. The van der Waals surface area contributed by atoms with Gasteiger partial charge in [-0.25, -0.2) is 8.78 Å². The Morgan fingerprint density at radius 2 is 1.74 bits per heavy atom. The average Bonchev–Trinajstić information content (AvgIpc) is 3.31. The highest BCUT2D eigenvalue weighted by Gasteiger charge is 2.32. The van der Waals surface area contributed by atoms with Crippen LogP contribution >= 0.6 is 11.8 Å². The second-order valence-electron chi connectivity index (χ2n) is 11.5. The normalized spacial score (nSPS) is 20.9. The molecule has 4 aromatic carbocycles. The molecule has 0 N–H and O–H groups in total. The number of benzene rings is 4. The van der Waals surface area contributed by atoms with Gasteiger partial charge in [-0.05, 0) is 66.2 Å². The van der Waals surface area contributed by atoms with Gasteiger partial charge in [0.1, 0.15) is 6.50 Å². The lowest BCUT2D eigenvalue weighted by atomic mass is 9.98. The third kappa shape index (κ3) is 9.00. The number of alkyl halides is 3. The number of pyridine rings is 1. The van der Waals surface area contributed by atoms with Crippen molar-refractivity contribution in [2.24, 2.45) is 0 Å². The number of amides is 1. The molecule has 1 aromatic heterocycles. The van der Waals surface area contributed by atoms with Gasteiger partial charge in [0.05, 0.1) is 52.8 Å². The summed E-state index contributed by atoms with van der Waals surface area (Å²) in [6.07, 6.45) is -5.81. The Morgan fingerprint density at radius 1 is 1.00 bits per heavy atom. The maximum atomic E-state index is 15.4. The Labute approximate surface area is 340 Å². The third-order valence-electron chi connectivity index (χ3n) is 8.10. The zero-order valence-electron chi connectivity index (χ0n) is 49.4. The Bertz CT molecular complexity index is 3170. The first-order valence-corrected chi connectivity index (χ1v) is 16.5. The molecule has 5 aromatic rings. The van der Waals surface area contributed by atoms with E-state index in [9.17, 15) is 25.1 Å². The van der Waals surface area contributed by atoms with Crippen molar-refractivity contribution < 1.29 is 61.6 Å². The highest BCUT2D eigenvalue weighted by atomic mass is 32.2. The summed E-state index contributed by atoms with van der Waals surface area (Å²) in [5.41, 5.74) is -8.58. The topological polar surface area (TPSA) is 54.8 Å². The molecule has 0 unspecified atom stereocenters. The molecule has 6 rings (SSSR count). The highest BCUT2D eigenvalue weighted by Crippen LogP contribution is 2.34. The summed E-state index contributed by atoms with van der Waals surface area (Å²) in [7, 11) is -3.18. The minimum absolute atomic E-state index is 0.0823. The summed E-state index contributed by atoms with van der Waals surface area (Å²) >= 11 is 0.0823. The molecule has 2 heterocycles. The summed E-state index contributed by atoms with van der Waals surface area (Å²) in [5, 5.41) is -2.05. The monoisotopic (exact) mass is 771 g/mol. The number of halogens is 5. The van der Waals surface area contributed by atoms with Crippen LogP contribution in [0.1, 0.15) is 65.3 Å². The quantitative estimate of drug-likeness (QED) is 0.0939. The van der Waals surface area contributed by atoms with Crippen molar-refractivity contribution in [1.82, 2.24) is 14.4 Å². The van der Waals surface area contributed by atoms with E-state index in [4.69, 9.17) is 27.4 Å². The molecule has 6 nitrogen and oxygen atoms in total. The van der Waals surface area contributed by atoms with Crippen molar-refractivity contribution in [2.75, 3.05) is 33.2 Å². The molecule has 0 spiro atoms. The number of thioether (sulfide) groups is 1. The second-order valence-corrected chi connectivity index (χ2v) is 12.5. The third-order valence-corrected chi connectivity index (χ3v) is 9.09. The highest BCUT2D eigenvalue weighted by molar-refractivity contribution is 7.98. The number of ether oxygens (including phenoxy) is 1. The number of aromatic nitrogens is 1. The number of piperidine rings is 1. The van der Waals surface area contributed by atoms with E-state index in [1.807, 2.05) is 0 Å². The van der Waals surface area contributed by atoms with Crippen molar-refractivity contribution in [3.05, 3.63) is 135 Å². The summed E-state index contributed by atoms with van der Waals surface area (Å²) < 4.78 is 262. The van der Waals surface area contributed by atoms with Gasteiger partial charge in [0, 0.05) is 62.0 Å². The summed E-state index contributed by atoms with van der Waals surface area (Å²) in [4.78, 5) is 31.4. The average molecular weight is 772 g/mol. The van der Waals surface area contributed by atoms with Crippen molar-refractivity contribution >= 4 is 28.6 Å². The summed E-state index contributed by atoms with van der Waals surface area (Å²) in [6, 6.07) is -18.6. The molecule has 1 amide bonds. The second kappa shape index (κ2) is 16.7. The van der Waals surface area contributed by atoms with Crippen LogP contribution in [-0.2, 0) is 34.5 Å². The molecule has 1 fully saturated rings. The number of rotatable bonds is 12. The van der Waals surface area contributed by atoms with Gasteiger partial charge in [0.25, 0.3) is 0 Å². The van der Waals surface area contributed by atoms with Crippen LogP contribution in [0.3, 0.4) is 0 Å². The predicted octanol–water partition coefficient (Wildman–Crippen LogP) is 8.71. The van der Waals surface area contributed by atoms with Crippen LogP contribution in [0.2, 0.25) is 0 Å².